The van der Waals surface area contributed by atoms with E-state index in [1.807, 2.05) is 13.8 Å². The van der Waals surface area contributed by atoms with Gasteiger partial charge in [0.05, 0.1) is 33.2 Å². The summed E-state index contributed by atoms with van der Waals surface area (Å²) in [6.07, 6.45) is 0.705. The summed E-state index contributed by atoms with van der Waals surface area (Å²) in [5, 5.41) is 9.73. The van der Waals surface area contributed by atoms with Gasteiger partial charge >= 0.3 is 11.9 Å². The smallest absolute Gasteiger partial charge is 0.310 e. The summed E-state index contributed by atoms with van der Waals surface area (Å²) in [6.45, 7) is 5.42. The van der Waals surface area contributed by atoms with Crippen LogP contribution in [0.15, 0.2) is 48.7 Å². The molecular weight excluding hydrogens is 592 g/mol. The predicted octanol–water partition coefficient (Wildman–Crippen LogP) is 4.60. The van der Waals surface area contributed by atoms with Crippen molar-refractivity contribution in [2.75, 3.05) is 38.8 Å². The minimum Gasteiger partial charge on any atom is -0.493 e. The van der Waals surface area contributed by atoms with E-state index in [1.165, 1.54) is 38.3 Å². The van der Waals surface area contributed by atoms with E-state index < -0.39 is 47.3 Å². The number of ether oxygens (including phenoxy) is 4. The van der Waals surface area contributed by atoms with Crippen molar-refractivity contribution < 1.29 is 43.2 Å². The highest BCUT2D eigenvalue weighted by atomic mass is 35.5. The average molecular weight is 629 g/mol. The first-order chi connectivity index (χ1) is 20.8. The van der Waals surface area contributed by atoms with Gasteiger partial charge in [-0.15, -0.1) is 0 Å². The predicted molar refractivity (Wildman–Crippen MR) is 162 cm³/mol. The molecular formula is C32H37ClN2O9. The zero-order valence-corrected chi connectivity index (χ0v) is 26.1. The maximum atomic E-state index is 14.4. The Morgan fingerprint density at radius 3 is 2.48 bits per heavy atom. The van der Waals surface area contributed by atoms with Gasteiger partial charge < -0.3 is 33.9 Å². The summed E-state index contributed by atoms with van der Waals surface area (Å²) in [5.74, 6) is -2.11. The number of aliphatic carboxylic acids is 1. The molecule has 0 saturated heterocycles. The fourth-order valence-corrected chi connectivity index (χ4v) is 5.52. The monoisotopic (exact) mass is 628 g/mol. The van der Waals surface area contributed by atoms with E-state index in [0.29, 0.717) is 33.3 Å². The Labute approximate surface area is 261 Å². The fraction of sp³-hybridized carbons (Fsp3) is 0.438. The third-order valence-corrected chi connectivity index (χ3v) is 7.78. The largest absolute Gasteiger partial charge is 0.493 e. The van der Waals surface area contributed by atoms with Crippen LogP contribution in [0.25, 0.3) is 0 Å². The first-order valence-corrected chi connectivity index (χ1v) is 14.5. The maximum absolute atomic E-state index is 14.4. The van der Waals surface area contributed by atoms with Crippen LogP contribution in [-0.4, -0.2) is 73.8 Å². The number of fused-ring (bicyclic) bond motifs is 1. The quantitative estimate of drug-likeness (QED) is 0.375. The second-order valence-electron chi connectivity index (χ2n) is 11.5. The molecule has 4 rings (SSSR count). The number of methoxy groups -OCH3 is 2. The van der Waals surface area contributed by atoms with Gasteiger partial charge in [-0.3, -0.25) is 19.2 Å². The van der Waals surface area contributed by atoms with Gasteiger partial charge in [-0.2, -0.15) is 0 Å². The molecule has 2 aromatic rings. The Bertz CT molecular complexity index is 1460. The van der Waals surface area contributed by atoms with Gasteiger partial charge in [-0.05, 0) is 30.7 Å². The molecule has 236 valence electrons. The normalized spacial score (nSPS) is 20.0. The lowest BCUT2D eigenvalue weighted by Crippen LogP contribution is -2.47. The molecule has 0 saturated carbocycles. The molecule has 44 heavy (non-hydrogen) atoms. The van der Waals surface area contributed by atoms with Crippen LogP contribution < -0.4 is 14.4 Å². The highest BCUT2D eigenvalue weighted by Crippen LogP contribution is 2.45. The highest BCUT2D eigenvalue weighted by molar-refractivity contribution is 6.30. The molecule has 12 heteroatoms. The van der Waals surface area contributed by atoms with E-state index >= 15 is 0 Å². The number of carboxylic acid groups (broad SMARTS) is 1. The number of carbonyl (C=O) groups is 4. The summed E-state index contributed by atoms with van der Waals surface area (Å²) in [7, 11) is 3.01. The Hall–Kier alpha value is -4.09. The summed E-state index contributed by atoms with van der Waals surface area (Å²) in [5.41, 5.74) is 0.964. The van der Waals surface area contributed by atoms with Gasteiger partial charge in [0.15, 0.2) is 11.5 Å². The summed E-state index contributed by atoms with van der Waals surface area (Å²) < 4.78 is 23.1. The molecule has 0 spiro atoms. The number of amides is 2. The maximum Gasteiger partial charge on any atom is 0.310 e. The molecule has 0 radical (unpaired) electrons. The van der Waals surface area contributed by atoms with Crippen LogP contribution >= 0.6 is 11.6 Å². The summed E-state index contributed by atoms with van der Waals surface area (Å²) >= 11 is 6.49. The lowest BCUT2D eigenvalue weighted by molar-refractivity contribution is -0.144. The molecule has 11 nitrogen and oxygen atoms in total. The first kappa shape index (κ1) is 32.8. The fourth-order valence-electron chi connectivity index (χ4n) is 5.34. The Kier molecular flexibility index (Phi) is 10.2. The summed E-state index contributed by atoms with van der Waals surface area (Å²) in [4.78, 5) is 53.8. The number of hydrogen-bond acceptors (Lipinski definition) is 8. The molecule has 3 atom stereocenters. The number of nitrogens with zero attached hydrogens (tertiary/aromatic N) is 2. The molecule has 1 unspecified atom stereocenters. The first-order valence-electron chi connectivity index (χ1n) is 14.2. The van der Waals surface area contributed by atoms with E-state index in [0.717, 1.165) is 0 Å². The molecule has 0 aliphatic carbocycles. The molecule has 0 aromatic heterocycles. The van der Waals surface area contributed by atoms with Gasteiger partial charge in [-0.1, -0.05) is 43.7 Å². The number of carboxylic acids is 1. The molecule has 2 aliphatic heterocycles. The molecule has 1 N–H and O–H groups in total. The van der Waals surface area contributed by atoms with Crippen molar-refractivity contribution in [3.8, 4) is 11.5 Å². The molecule has 2 heterocycles. The second kappa shape index (κ2) is 13.7. The van der Waals surface area contributed by atoms with Crippen molar-refractivity contribution in [1.82, 2.24) is 4.90 Å². The number of para-hydroxylation sites is 1. The number of carbonyl (C=O) groups excluding carboxylic acids is 3. The van der Waals surface area contributed by atoms with Crippen molar-refractivity contribution in [2.24, 2.45) is 11.3 Å². The number of anilines is 1. The van der Waals surface area contributed by atoms with Crippen molar-refractivity contribution in [3.63, 3.8) is 0 Å². The lowest BCUT2D eigenvalue weighted by atomic mass is 9.92. The van der Waals surface area contributed by atoms with E-state index in [1.54, 1.807) is 41.3 Å². The lowest BCUT2D eigenvalue weighted by Gasteiger charge is -2.33. The van der Waals surface area contributed by atoms with E-state index in [2.05, 4.69) is 0 Å². The van der Waals surface area contributed by atoms with Gasteiger partial charge in [0.1, 0.15) is 12.2 Å². The zero-order valence-electron chi connectivity index (χ0n) is 25.4. The number of benzene rings is 2. The number of esters is 1. The summed E-state index contributed by atoms with van der Waals surface area (Å²) in [6, 6.07) is 10.4. The Morgan fingerprint density at radius 2 is 1.86 bits per heavy atom. The van der Waals surface area contributed by atoms with Crippen molar-refractivity contribution >= 4 is 41.0 Å². The van der Waals surface area contributed by atoms with Gasteiger partial charge in [0.2, 0.25) is 5.91 Å². The van der Waals surface area contributed by atoms with Gasteiger partial charge in [0, 0.05) is 53.5 Å². The van der Waals surface area contributed by atoms with E-state index in [4.69, 9.17) is 30.5 Å². The molecule has 0 bridgehead atoms. The second-order valence-corrected chi connectivity index (χ2v) is 12.0. The van der Waals surface area contributed by atoms with E-state index in [9.17, 15) is 24.3 Å². The van der Waals surface area contributed by atoms with Crippen LogP contribution in [0.4, 0.5) is 5.69 Å². The minimum atomic E-state index is -1.25. The number of halogens is 1. The van der Waals surface area contributed by atoms with Crippen LogP contribution in [0, 0.1) is 11.3 Å². The molecule has 2 aromatic carbocycles. The van der Waals surface area contributed by atoms with E-state index in [-0.39, 0.29) is 32.5 Å². The van der Waals surface area contributed by atoms with Crippen molar-refractivity contribution in [3.05, 3.63) is 64.8 Å². The van der Waals surface area contributed by atoms with Crippen molar-refractivity contribution in [1.29, 1.82) is 0 Å². The van der Waals surface area contributed by atoms with Crippen molar-refractivity contribution in [2.45, 2.75) is 45.8 Å². The number of hydrogen-bond donors (Lipinski definition) is 1. The van der Waals surface area contributed by atoms with Crippen LogP contribution in [0.5, 0.6) is 11.5 Å². The third kappa shape index (κ3) is 7.34. The standard InChI is InChI=1S/C32H37ClN2O9/c1-19(36)43-18-32(2,3)17-35-24-10-9-21(33)15-23(24)28(22-7-6-8-25(41-4)29(22)42-5)44-26(30(35)38)16-27(37)34-13-11-20(12-14-34)31(39)40/h6-11,13,15,20,26,28H,12,14,16-18H2,1-5H3,(H,39,40)/t20?,26-,28-/m1/s1. The molecule has 2 aliphatic rings. The topological polar surface area (TPSA) is 132 Å². The average Bonchev–Trinajstić information content (AvgIpc) is 3.09. The minimum absolute atomic E-state index is 0.0515. The van der Waals surface area contributed by atoms with Crippen LogP contribution in [-0.2, 0) is 28.7 Å². The third-order valence-electron chi connectivity index (χ3n) is 7.55. The number of rotatable bonds is 10. The van der Waals surface area contributed by atoms with Crippen LogP contribution in [0.2, 0.25) is 5.02 Å². The molecule has 0 fully saturated rings. The molecule has 2 amide bonds. The van der Waals surface area contributed by atoms with Gasteiger partial charge in [0.25, 0.3) is 5.91 Å². The SMILES string of the molecule is COc1cccc([C@H]2O[C@H](CC(=O)N3C=CC(C(=O)O)CC3)C(=O)N(CC(C)(C)COC(C)=O)c3ccc(Cl)cc32)c1OC. The Morgan fingerprint density at radius 1 is 1.11 bits per heavy atom. The Balaban J connectivity index is 1.80. The highest BCUT2D eigenvalue weighted by Gasteiger charge is 2.41. The van der Waals surface area contributed by atoms with Crippen LogP contribution in [0.3, 0.4) is 0 Å². The zero-order chi connectivity index (χ0) is 32.2. The van der Waals surface area contributed by atoms with Gasteiger partial charge in [-0.25, -0.2) is 0 Å². The van der Waals surface area contributed by atoms with Crippen LogP contribution in [0.1, 0.15) is 50.8 Å².